The van der Waals surface area contributed by atoms with E-state index in [1.54, 1.807) is 27.8 Å². The van der Waals surface area contributed by atoms with Gasteiger partial charge >= 0.3 is 0 Å². The third kappa shape index (κ3) is 3.18. The lowest BCUT2D eigenvalue weighted by molar-refractivity contribution is 0.310. The number of nitrogens with zero attached hydrogens (tertiary/aromatic N) is 1. The van der Waals surface area contributed by atoms with Crippen LogP contribution in [0, 0.1) is 5.92 Å². The highest BCUT2D eigenvalue weighted by atomic mass is 32.2. The van der Waals surface area contributed by atoms with Gasteiger partial charge in [0.15, 0.2) is 0 Å². The molecule has 16 heavy (non-hydrogen) atoms. The first kappa shape index (κ1) is 13.9. The van der Waals surface area contributed by atoms with Gasteiger partial charge in [0.05, 0.1) is 4.75 Å². The third-order valence-electron chi connectivity index (χ3n) is 3.10. The van der Waals surface area contributed by atoms with Gasteiger partial charge in [0.2, 0.25) is 10.0 Å². The van der Waals surface area contributed by atoms with Gasteiger partial charge in [-0.15, -0.1) is 0 Å². The second-order valence-corrected chi connectivity index (χ2v) is 8.41. The minimum Gasteiger partial charge on any atom is -0.316 e. The monoisotopic (exact) mass is 248 g/mol. The van der Waals surface area contributed by atoms with Crippen LogP contribution in [0.15, 0.2) is 0 Å². The molecule has 0 radical (unpaired) electrons. The molecule has 1 aliphatic heterocycles. The molecule has 1 N–H and O–H groups in total. The van der Waals surface area contributed by atoms with Crippen molar-refractivity contribution in [3.05, 3.63) is 0 Å². The second kappa shape index (κ2) is 5.02. The number of rotatable bonds is 3. The summed E-state index contributed by atoms with van der Waals surface area (Å²) < 4.78 is 25.1. The largest absolute Gasteiger partial charge is 0.316 e. The summed E-state index contributed by atoms with van der Waals surface area (Å²) in [6.45, 7) is 7.87. The van der Waals surface area contributed by atoms with E-state index in [0.29, 0.717) is 12.5 Å². The summed E-state index contributed by atoms with van der Waals surface area (Å²) in [4.78, 5) is 0. The number of piperidine rings is 1. The highest BCUT2D eigenvalue weighted by molar-refractivity contribution is 7.90. The minimum absolute atomic E-state index is 0.455. The zero-order chi connectivity index (χ0) is 12.4. The van der Waals surface area contributed by atoms with Gasteiger partial charge < -0.3 is 5.32 Å². The molecular weight excluding hydrogens is 224 g/mol. The molecule has 0 aromatic rings. The first-order chi connectivity index (χ1) is 7.25. The lowest BCUT2D eigenvalue weighted by Gasteiger charge is -2.31. The zero-order valence-corrected chi connectivity index (χ0v) is 11.6. The molecule has 5 heteroatoms. The van der Waals surface area contributed by atoms with Gasteiger partial charge in [-0.3, -0.25) is 0 Å². The summed E-state index contributed by atoms with van der Waals surface area (Å²) in [6, 6.07) is 0. The van der Waals surface area contributed by atoms with Crippen molar-refractivity contribution < 1.29 is 8.42 Å². The highest BCUT2D eigenvalue weighted by Gasteiger charge is 2.34. The molecule has 1 heterocycles. The predicted octanol–water partition coefficient (Wildman–Crippen LogP) is 1.05. The van der Waals surface area contributed by atoms with Crippen LogP contribution in [0.5, 0.6) is 0 Å². The lowest BCUT2D eigenvalue weighted by Crippen LogP contribution is -2.45. The number of sulfonamides is 1. The molecule has 0 aliphatic carbocycles. The molecule has 0 saturated carbocycles. The van der Waals surface area contributed by atoms with Crippen molar-refractivity contribution >= 4 is 10.0 Å². The normalized spacial score (nSPS) is 23.7. The maximum absolute atomic E-state index is 12.1. The molecule has 1 unspecified atom stereocenters. The Hall–Kier alpha value is -0.130. The molecule has 1 fully saturated rings. The Labute approximate surface area is 99.5 Å². The summed E-state index contributed by atoms with van der Waals surface area (Å²) in [6.07, 6.45) is 2.27. The predicted molar refractivity (Wildman–Crippen MR) is 66.9 cm³/mol. The first-order valence-corrected chi connectivity index (χ1v) is 7.36. The fraction of sp³-hybridized carbons (Fsp3) is 1.00. The van der Waals surface area contributed by atoms with Crippen molar-refractivity contribution in [2.75, 3.05) is 26.7 Å². The topological polar surface area (TPSA) is 49.4 Å². The van der Waals surface area contributed by atoms with Gasteiger partial charge in [-0.05, 0) is 52.6 Å². The van der Waals surface area contributed by atoms with Crippen molar-refractivity contribution in [1.29, 1.82) is 0 Å². The second-order valence-electron chi connectivity index (χ2n) is 5.61. The first-order valence-electron chi connectivity index (χ1n) is 5.92. The van der Waals surface area contributed by atoms with Gasteiger partial charge in [-0.1, -0.05) is 0 Å². The molecule has 0 spiro atoms. The van der Waals surface area contributed by atoms with E-state index in [0.717, 1.165) is 25.9 Å². The Morgan fingerprint density at radius 3 is 2.44 bits per heavy atom. The smallest absolute Gasteiger partial charge is 0.218 e. The standard InChI is InChI=1S/C11H24N2O2S/c1-11(2,3)16(14,15)13(4)9-10-6-5-7-12-8-10/h10,12H,5-9H2,1-4H3. The zero-order valence-electron chi connectivity index (χ0n) is 10.8. The Morgan fingerprint density at radius 2 is 2.00 bits per heavy atom. The van der Waals surface area contributed by atoms with Crippen LogP contribution < -0.4 is 5.32 Å². The average Bonchev–Trinajstić information content (AvgIpc) is 2.17. The van der Waals surface area contributed by atoms with E-state index >= 15 is 0 Å². The van der Waals surface area contributed by atoms with E-state index in [2.05, 4.69) is 5.32 Å². The van der Waals surface area contributed by atoms with Crippen LogP contribution in [0.3, 0.4) is 0 Å². The van der Waals surface area contributed by atoms with Crippen LogP contribution in [-0.4, -0.2) is 44.2 Å². The Bertz CT molecular complexity index is 313. The quantitative estimate of drug-likeness (QED) is 0.812. The number of nitrogens with one attached hydrogen (secondary N) is 1. The molecule has 1 aliphatic rings. The highest BCUT2D eigenvalue weighted by Crippen LogP contribution is 2.21. The van der Waals surface area contributed by atoms with E-state index in [4.69, 9.17) is 0 Å². The van der Waals surface area contributed by atoms with E-state index in [1.165, 1.54) is 4.31 Å². The van der Waals surface area contributed by atoms with Crippen molar-refractivity contribution in [3.63, 3.8) is 0 Å². The van der Waals surface area contributed by atoms with Crippen LogP contribution in [0.4, 0.5) is 0 Å². The van der Waals surface area contributed by atoms with E-state index in [-0.39, 0.29) is 0 Å². The van der Waals surface area contributed by atoms with Crippen LogP contribution in [0.2, 0.25) is 0 Å². The maximum Gasteiger partial charge on any atom is 0.218 e. The molecule has 96 valence electrons. The van der Waals surface area contributed by atoms with Crippen molar-refractivity contribution in [2.45, 2.75) is 38.4 Å². The molecule has 4 nitrogen and oxygen atoms in total. The summed E-state index contributed by atoms with van der Waals surface area (Å²) in [5.74, 6) is 0.455. The van der Waals surface area contributed by atoms with Crippen molar-refractivity contribution in [2.24, 2.45) is 5.92 Å². The molecule has 1 rings (SSSR count). The molecular formula is C11H24N2O2S. The summed E-state index contributed by atoms with van der Waals surface area (Å²) in [5.41, 5.74) is 0. The molecule has 0 amide bonds. The van der Waals surface area contributed by atoms with Gasteiger partial charge in [-0.2, -0.15) is 0 Å². The maximum atomic E-state index is 12.1. The fourth-order valence-corrected chi connectivity index (χ4v) is 3.35. The minimum atomic E-state index is -3.17. The van der Waals surface area contributed by atoms with E-state index < -0.39 is 14.8 Å². The lowest BCUT2D eigenvalue weighted by atomic mass is 10.00. The van der Waals surface area contributed by atoms with Crippen molar-refractivity contribution in [3.8, 4) is 0 Å². The number of hydrogen-bond donors (Lipinski definition) is 1. The molecule has 0 aromatic heterocycles. The van der Waals surface area contributed by atoms with Gasteiger partial charge in [0.25, 0.3) is 0 Å². The average molecular weight is 248 g/mol. The van der Waals surface area contributed by atoms with Gasteiger partial charge in [-0.25, -0.2) is 12.7 Å². The Kier molecular flexibility index (Phi) is 4.37. The third-order valence-corrected chi connectivity index (χ3v) is 5.62. The fourth-order valence-electron chi connectivity index (χ4n) is 2.01. The van der Waals surface area contributed by atoms with E-state index in [1.807, 2.05) is 0 Å². The SMILES string of the molecule is CN(CC1CCCNC1)S(=O)(=O)C(C)(C)C. The number of hydrogen-bond acceptors (Lipinski definition) is 3. The van der Waals surface area contributed by atoms with E-state index in [9.17, 15) is 8.42 Å². The summed E-state index contributed by atoms with van der Waals surface area (Å²) >= 11 is 0. The van der Waals surface area contributed by atoms with Gasteiger partial charge in [0.1, 0.15) is 0 Å². The van der Waals surface area contributed by atoms with Gasteiger partial charge in [0, 0.05) is 13.6 Å². The summed E-state index contributed by atoms with van der Waals surface area (Å²) in [7, 11) is -1.48. The Morgan fingerprint density at radius 1 is 1.38 bits per heavy atom. The Balaban J connectivity index is 2.61. The van der Waals surface area contributed by atoms with Crippen LogP contribution in [0.25, 0.3) is 0 Å². The molecule has 1 saturated heterocycles. The van der Waals surface area contributed by atoms with Crippen LogP contribution >= 0.6 is 0 Å². The summed E-state index contributed by atoms with van der Waals surface area (Å²) in [5, 5.41) is 3.31. The molecule has 0 aromatic carbocycles. The van der Waals surface area contributed by atoms with Crippen LogP contribution in [0.1, 0.15) is 33.6 Å². The molecule has 1 atom stereocenters. The van der Waals surface area contributed by atoms with Crippen molar-refractivity contribution in [1.82, 2.24) is 9.62 Å². The molecule has 0 bridgehead atoms. The van der Waals surface area contributed by atoms with Crippen LogP contribution in [-0.2, 0) is 10.0 Å².